The van der Waals surface area contributed by atoms with Crippen LogP contribution in [0.1, 0.15) is 56.3 Å². The van der Waals surface area contributed by atoms with E-state index >= 15 is 0 Å². The van der Waals surface area contributed by atoms with Crippen LogP contribution in [0.5, 0.6) is 0 Å². The number of allylic oxidation sites excluding steroid dienone is 2. The van der Waals surface area contributed by atoms with E-state index in [4.69, 9.17) is 0 Å². The van der Waals surface area contributed by atoms with E-state index in [9.17, 15) is 0 Å². The predicted octanol–water partition coefficient (Wildman–Crippen LogP) is 12.8. The van der Waals surface area contributed by atoms with Crippen molar-refractivity contribution in [3.8, 4) is 22.3 Å². The third-order valence-corrected chi connectivity index (χ3v) is 43.9. The number of hydrogen-bond acceptors (Lipinski definition) is 0. The summed E-state index contributed by atoms with van der Waals surface area (Å²) in [4.78, 5) is 0. The molecule has 2 aliphatic rings. The van der Waals surface area contributed by atoms with Crippen LogP contribution >= 0.6 is 0 Å². The van der Waals surface area contributed by atoms with Crippen LogP contribution in [0.15, 0.2) is 108 Å². The number of fused-ring (bicyclic) bond motifs is 2. The molecule has 4 aromatic carbocycles. The van der Waals surface area contributed by atoms with Gasteiger partial charge in [0, 0.05) is 0 Å². The van der Waals surface area contributed by atoms with Gasteiger partial charge in [-0.05, 0) is 0 Å². The number of hydrogen-bond donors (Lipinski definition) is 0. The summed E-state index contributed by atoms with van der Waals surface area (Å²) >= 11 is -5.40. The van der Waals surface area contributed by atoms with Crippen LogP contribution in [0, 0.1) is 0 Å². The van der Waals surface area contributed by atoms with Crippen molar-refractivity contribution in [3.05, 3.63) is 130 Å². The van der Waals surface area contributed by atoms with Crippen molar-refractivity contribution in [3.63, 3.8) is 0 Å². The molecular formula is C40H46Hf2. The van der Waals surface area contributed by atoms with Gasteiger partial charge in [0.05, 0.1) is 0 Å². The molecular weight excluding hydrogens is 837 g/mol. The summed E-state index contributed by atoms with van der Waals surface area (Å²) < 4.78 is 15.6. The Hall–Kier alpha value is -1.90. The Labute approximate surface area is 263 Å². The molecule has 0 aliphatic heterocycles. The summed E-state index contributed by atoms with van der Waals surface area (Å²) in [7, 11) is 0. The number of rotatable bonds is 9. The zero-order valence-corrected chi connectivity index (χ0v) is 33.6. The van der Waals surface area contributed by atoms with E-state index in [0.717, 1.165) is 0 Å². The normalized spacial score (nSPS) is 18.0. The van der Waals surface area contributed by atoms with Crippen LogP contribution in [-0.4, -0.2) is 0 Å². The van der Waals surface area contributed by atoms with E-state index in [-0.39, 0.29) is 0 Å². The second-order valence-electron chi connectivity index (χ2n) is 13.8. The van der Waals surface area contributed by atoms with Gasteiger partial charge in [-0.1, -0.05) is 0 Å². The zero-order valence-electron chi connectivity index (χ0n) is 26.4. The quantitative estimate of drug-likeness (QED) is 0.147. The monoisotopic (exact) mass is 886 g/mol. The predicted molar refractivity (Wildman–Crippen MR) is 179 cm³/mol. The van der Waals surface area contributed by atoms with Gasteiger partial charge in [0.15, 0.2) is 0 Å². The molecule has 42 heavy (non-hydrogen) atoms. The summed E-state index contributed by atoms with van der Waals surface area (Å²) in [5.74, 6) is 0. The molecule has 0 saturated heterocycles. The molecule has 2 aliphatic carbocycles. The molecule has 0 N–H and O–H groups in total. The molecule has 214 valence electrons. The molecule has 0 aromatic heterocycles. The van der Waals surface area contributed by atoms with Crippen molar-refractivity contribution in [1.29, 1.82) is 0 Å². The van der Waals surface area contributed by atoms with E-state index < -0.39 is 39.9 Å². The maximum absolute atomic E-state index is 2.78. The topological polar surface area (TPSA) is 0 Å². The fraction of sp³-hybridized carbons (Fsp3) is 0.300. The third kappa shape index (κ3) is 5.56. The van der Waals surface area contributed by atoms with Gasteiger partial charge >= 0.3 is 266 Å². The van der Waals surface area contributed by atoms with E-state index in [0.29, 0.717) is 7.35 Å². The molecule has 6 rings (SSSR count). The molecule has 0 fully saturated rings. The minimum absolute atomic E-state index is 0.715. The first-order valence-electron chi connectivity index (χ1n) is 16.0. The van der Waals surface area contributed by atoms with Gasteiger partial charge in [-0.3, -0.25) is 0 Å². The molecule has 2 heteroatoms. The van der Waals surface area contributed by atoms with Gasteiger partial charge in [-0.15, -0.1) is 0 Å². The molecule has 0 bridgehead atoms. The van der Waals surface area contributed by atoms with Gasteiger partial charge in [-0.25, -0.2) is 0 Å². The van der Waals surface area contributed by atoms with Crippen LogP contribution in [0.4, 0.5) is 0 Å². The summed E-state index contributed by atoms with van der Waals surface area (Å²) in [6, 6.07) is 36.3. The molecule has 0 radical (unpaired) electrons. The Bertz CT molecular complexity index is 1520. The Morgan fingerprint density at radius 1 is 0.476 bits per heavy atom. The standard InChI is InChI=1S/2C17H15.C2H4.4CH3.2Hf/c2*1-2-13-11-15-9-6-10-16(17(15)12-13)14-7-4-3-5-8-14;1-2;;;;;;/h2*3-12H,2H2,1H3;1-2H2;4*1H3;;. The molecule has 0 nitrogen and oxygen atoms in total. The summed E-state index contributed by atoms with van der Waals surface area (Å²) in [5, 5.41) is 0. The van der Waals surface area contributed by atoms with E-state index in [1.54, 1.807) is 22.3 Å². The van der Waals surface area contributed by atoms with Gasteiger partial charge in [-0.2, -0.15) is 0 Å². The average molecular weight is 884 g/mol. The van der Waals surface area contributed by atoms with Crippen molar-refractivity contribution in [2.24, 2.45) is 0 Å². The molecule has 0 spiro atoms. The van der Waals surface area contributed by atoms with Gasteiger partial charge in [0.25, 0.3) is 0 Å². The fourth-order valence-corrected chi connectivity index (χ4v) is 69.8. The van der Waals surface area contributed by atoms with E-state index in [1.807, 2.05) is 0 Å². The van der Waals surface area contributed by atoms with Crippen LogP contribution in [0.25, 0.3) is 34.4 Å². The van der Waals surface area contributed by atoms with Crippen LogP contribution in [0.3, 0.4) is 0 Å². The molecule has 4 aromatic rings. The third-order valence-electron chi connectivity index (χ3n) is 10.3. The van der Waals surface area contributed by atoms with Crippen LogP contribution < -0.4 is 0 Å². The van der Waals surface area contributed by atoms with Gasteiger partial charge in [0.2, 0.25) is 0 Å². The van der Waals surface area contributed by atoms with Gasteiger partial charge in [0.1, 0.15) is 0 Å². The zero-order chi connectivity index (χ0) is 29.5. The Kier molecular flexibility index (Phi) is 8.78. The minimum atomic E-state index is -2.70. The first kappa shape index (κ1) is 30.1. The Morgan fingerprint density at radius 3 is 1.21 bits per heavy atom. The molecule has 2 unspecified atom stereocenters. The van der Waals surface area contributed by atoms with Crippen molar-refractivity contribution in [2.45, 2.75) is 61.1 Å². The van der Waals surface area contributed by atoms with Crippen LogP contribution in [-0.2, 0) is 39.9 Å². The Balaban J connectivity index is 1.30. The number of benzene rings is 4. The molecule has 0 saturated carbocycles. The SMILES string of the molecule is CCC1=Cc2c(-c3ccccc3)cccc2[CH]1[Hf]([CH3])([CH3])[CH2][CH2][Hf]([CH3])([CH3])[CH]1C(CC)=Cc2c(-c3ccccc3)cccc21. The van der Waals surface area contributed by atoms with Crippen molar-refractivity contribution in [2.75, 3.05) is 0 Å². The summed E-state index contributed by atoms with van der Waals surface area (Å²) in [5.41, 5.74) is 15.3. The summed E-state index contributed by atoms with van der Waals surface area (Å²) in [6.45, 7) is 4.78. The Morgan fingerprint density at radius 2 is 0.857 bits per heavy atom. The molecule has 2 atom stereocenters. The van der Waals surface area contributed by atoms with Crippen LogP contribution in [0.2, 0.25) is 27.1 Å². The maximum atomic E-state index is 2.78. The summed E-state index contributed by atoms with van der Waals surface area (Å²) in [6.07, 6.45) is 7.53. The second-order valence-corrected chi connectivity index (χ2v) is 50.2. The van der Waals surface area contributed by atoms with Crippen molar-refractivity contribution in [1.82, 2.24) is 0 Å². The second kappa shape index (κ2) is 12.2. The van der Waals surface area contributed by atoms with E-state index in [1.165, 1.54) is 54.6 Å². The first-order valence-corrected chi connectivity index (χ1v) is 39.6. The molecule has 0 heterocycles. The molecule has 0 amide bonds. The van der Waals surface area contributed by atoms with Crippen molar-refractivity contribution < 1.29 is 39.9 Å². The fourth-order valence-electron chi connectivity index (χ4n) is 8.06. The van der Waals surface area contributed by atoms with Crippen molar-refractivity contribution >= 4 is 12.2 Å². The first-order chi connectivity index (χ1) is 20.2. The van der Waals surface area contributed by atoms with Gasteiger partial charge < -0.3 is 0 Å². The average Bonchev–Trinajstić information content (AvgIpc) is 3.60. The van der Waals surface area contributed by atoms with E-state index in [2.05, 4.69) is 142 Å².